The van der Waals surface area contributed by atoms with Crippen molar-refractivity contribution in [1.29, 1.82) is 0 Å². The Balaban J connectivity index is 1.57. The lowest BCUT2D eigenvalue weighted by Gasteiger charge is -2.36. The van der Waals surface area contributed by atoms with Gasteiger partial charge < -0.3 is 10.4 Å². The van der Waals surface area contributed by atoms with Gasteiger partial charge in [-0.15, -0.1) is 0 Å². The number of halogens is 3. The van der Waals surface area contributed by atoms with Crippen molar-refractivity contribution in [3.05, 3.63) is 76.7 Å². The number of phenolic OH excluding ortho intramolecular Hbond substituents is 1. The molecule has 1 unspecified atom stereocenters. The molecule has 0 bridgehead atoms. The number of hydrogen-bond donors (Lipinski definition) is 3. The van der Waals surface area contributed by atoms with Crippen LogP contribution in [0, 0.1) is 24.4 Å². The first kappa shape index (κ1) is 21.4. The van der Waals surface area contributed by atoms with Crippen LogP contribution in [0.1, 0.15) is 22.9 Å². The Hall–Kier alpha value is -3.43. The number of fused-ring (bicyclic) bond motifs is 1. The predicted octanol–water partition coefficient (Wildman–Crippen LogP) is 4.20. The maximum absolute atomic E-state index is 14.6. The first-order valence-electron chi connectivity index (χ1n) is 10.6. The molecular weight excluding hydrogens is 431 g/mol. The van der Waals surface area contributed by atoms with Crippen LogP contribution in [0.5, 0.6) is 5.75 Å². The van der Waals surface area contributed by atoms with Crippen LogP contribution in [0.15, 0.2) is 42.5 Å². The van der Waals surface area contributed by atoms with Gasteiger partial charge in [0.15, 0.2) is 5.65 Å². The fraction of sp³-hybridized carbons (Fsp3) is 0.250. The van der Waals surface area contributed by atoms with E-state index >= 15 is 0 Å². The molecule has 33 heavy (non-hydrogen) atoms. The first-order valence-corrected chi connectivity index (χ1v) is 10.6. The highest BCUT2D eigenvalue weighted by atomic mass is 19.1. The third-order valence-corrected chi connectivity index (χ3v) is 6.02. The van der Waals surface area contributed by atoms with Crippen molar-refractivity contribution in [2.75, 3.05) is 19.6 Å². The Morgan fingerprint density at radius 2 is 1.88 bits per heavy atom. The summed E-state index contributed by atoms with van der Waals surface area (Å²) in [5.41, 5.74) is 3.37. The van der Waals surface area contributed by atoms with E-state index in [0.29, 0.717) is 36.5 Å². The first-order chi connectivity index (χ1) is 15.9. The molecule has 6 nitrogen and oxygen atoms in total. The van der Waals surface area contributed by atoms with Crippen molar-refractivity contribution >= 4 is 11.0 Å². The molecular formula is C24H22F3N5O. The number of nitrogens with one attached hydrogen (secondary N) is 2. The lowest BCUT2D eigenvalue weighted by atomic mass is 10.00. The number of rotatable bonds is 4. The molecule has 1 fully saturated rings. The van der Waals surface area contributed by atoms with E-state index in [1.54, 1.807) is 0 Å². The summed E-state index contributed by atoms with van der Waals surface area (Å²) in [5, 5.41) is 20.9. The Labute approximate surface area is 188 Å². The maximum Gasteiger partial charge on any atom is 0.156 e. The van der Waals surface area contributed by atoms with Crippen LogP contribution in [0.4, 0.5) is 13.2 Å². The average molecular weight is 453 g/mol. The van der Waals surface area contributed by atoms with Crippen molar-refractivity contribution < 1.29 is 18.3 Å². The molecule has 170 valence electrons. The number of aromatic amines is 1. The Kier molecular flexibility index (Phi) is 5.51. The third-order valence-electron chi connectivity index (χ3n) is 6.02. The third kappa shape index (κ3) is 4.17. The Bertz CT molecular complexity index is 1320. The van der Waals surface area contributed by atoms with Gasteiger partial charge in [-0.2, -0.15) is 5.10 Å². The molecule has 0 amide bonds. The van der Waals surface area contributed by atoms with E-state index in [2.05, 4.69) is 25.4 Å². The molecule has 4 aromatic rings. The van der Waals surface area contributed by atoms with E-state index in [1.807, 2.05) is 13.0 Å². The molecule has 1 aliphatic rings. The number of benzene rings is 2. The van der Waals surface area contributed by atoms with Gasteiger partial charge in [0.05, 0.1) is 11.4 Å². The SMILES string of the molecule is Cc1n[nH]c2nc(-c3ccc(O)cc3F)cc(CN3CCNCC3c3cc(F)cc(F)c3)c12. The normalized spacial score (nSPS) is 17.0. The minimum atomic E-state index is -0.613. The van der Waals surface area contributed by atoms with Gasteiger partial charge in [-0.1, -0.05) is 0 Å². The van der Waals surface area contributed by atoms with E-state index in [9.17, 15) is 18.3 Å². The van der Waals surface area contributed by atoms with Crippen LogP contribution in [-0.2, 0) is 6.54 Å². The van der Waals surface area contributed by atoms with Crippen molar-refractivity contribution in [2.45, 2.75) is 19.5 Å². The highest BCUT2D eigenvalue weighted by molar-refractivity contribution is 5.84. The van der Waals surface area contributed by atoms with E-state index < -0.39 is 17.5 Å². The second-order valence-corrected chi connectivity index (χ2v) is 8.26. The summed E-state index contributed by atoms with van der Waals surface area (Å²) in [7, 11) is 0. The number of aryl methyl sites for hydroxylation is 1. The van der Waals surface area contributed by atoms with Crippen molar-refractivity contribution in [1.82, 2.24) is 25.4 Å². The quantitative estimate of drug-likeness (QED) is 0.432. The zero-order chi connectivity index (χ0) is 23.1. The molecule has 1 saturated heterocycles. The summed E-state index contributed by atoms with van der Waals surface area (Å²) in [6, 6.07) is 9.08. The van der Waals surface area contributed by atoms with Crippen molar-refractivity contribution in [3.8, 4) is 17.0 Å². The fourth-order valence-corrected chi connectivity index (χ4v) is 4.50. The van der Waals surface area contributed by atoms with Gasteiger partial charge in [0.1, 0.15) is 23.2 Å². The van der Waals surface area contributed by atoms with Crippen LogP contribution >= 0.6 is 0 Å². The number of phenols is 1. The summed E-state index contributed by atoms with van der Waals surface area (Å²) in [4.78, 5) is 6.68. The maximum atomic E-state index is 14.6. The number of hydrogen-bond acceptors (Lipinski definition) is 5. The Morgan fingerprint density at radius 1 is 1.09 bits per heavy atom. The molecule has 9 heteroatoms. The van der Waals surface area contributed by atoms with Crippen molar-refractivity contribution in [3.63, 3.8) is 0 Å². The molecule has 0 spiro atoms. The summed E-state index contributed by atoms with van der Waals surface area (Å²) < 4.78 is 42.4. The second kappa shape index (κ2) is 8.49. The van der Waals surface area contributed by atoms with E-state index in [4.69, 9.17) is 0 Å². The second-order valence-electron chi connectivity index (χ2n) is 8.26. The molecule has 2 aromatic heterocycles. The molecule has 3 heterocycles. The van der Waals surface area contributed by atoms with Gasteiger partial charge in [-0.25, -0.2) is 18.2 Å². The molecule has 3 N–H and O–H groups in total. The zero-order valence-corrected chi connectivity index (χ0v) is 17.9. The number of aromatic nitrogens is 3. The van der Waals surface area contributed by atoms with Crippen LogP contribution in [-0.4, -0.2) is 44.8 Å². The summed E-state index contributed by atoms with van der Waals surface area (Å²) >= 11 is 0. The van der Waals surface area contributed by atoms with Gasteiger partial charge in [-0.05, 0) is 48.4 Å². The summed E-state index contributed by atoms with van der Waals surface area (Å²) in [6.45, 7) is 4.25. The zero-order valence-electron chi connectivity index (χ0n) is 17.9. The topological polar surface area (TPSA) is 77.1 Å². The number of piperazine rings is 1. The molecule has 0 aliphatic carbocycles. The molecule has 1 atom stereocenters. The number of aromatic hydroxyl groups is 1. The largest absolute Gasteiger partial charge is 0.508 e. The number of H-pyrrole nitrogens is 1. The van der Waals surface area contributed by atoms with Gasteiger partial charge in [0.25, 0.3) is 0 Å². The van der Waals surface area contributed by atoms with Crippen molar-refractivity contribution in [2.24, 2.45) is 0 Å². The standard InChI is InChI=1S/C24H22F3N5O/c1-13-23-15(8-21(29-24(23)31-30-13)19-3-2-18(33)10-20(19)27)12-32-5-4-28-11-22(32)14-6-16(25)9-17(26)7-14/h2-3,6-10,22,28,33H,4-5,11-12H2,1H3,(H,29,30,31). The number of nitrogens with zero attached hydrogens (tertiary/aromatic N) is 3. The van der Waals surface area contributed by atoms with Crippen LogP contribution < -0.4 is 5.32 Å². The minimum Gasteiger partial charge on any atom is -0.508 e. The van der Waals surface area contributed by atoms with Gasteiger partial charge >= 0.3 is 0 Å². The number of pyridine rings is 1. The summed E-state index contributed by atoms with van der Waals surface area (Å²) in [5.74, 6) is -1.98. The van der Waals surface area contributed by atoms with Crippen LogP contribution in [0.2, 0.25) is 0 Å². The molecule has 0 saturated carbocycles. The molecule has 0 radical (unpaired) electrons. The summed E-state index contributed by atoms with van der Waals surface area (Å²) in [6.07, 6.45) is 0. The Morgan fingerprint density at radius 3 is 2.64 bits per heavy atom. The monoisotopic (exact) mass is 453 g/mol. The highest BCUT2D eigenvalue weighted by Crippen LogP contribution is 2.32. The van der Waals surface area contributed by atoms with Gasteiger partial charge in [0.2, 0.25) is 0 Å². The fourth-order valence-electron chi connectivity index (χ4n) is 4.50. The van der Waals surface area contributed by atoms with E-state index in [0.717, 1.165) is 35.3 Å². The molecule has 2 aromatic carbocycles. The smallest absolute Gasteiger partial charge is 0.156 e. The predicted molar refractivity (Wildman–Crippen MR) is 118 cm³/mol. The highest BCUT2D eigenvalue weighted by Gasteiger charge is 2.26. The van der Waals surface area contributed by atoms with Crippen LogP contribution in [0.25, 0.3) is 22.3 Å². The average Bonchev–Trinajstić information content (AvgIpc) is 3.14. The molecule has 5 rings (SSSR count). The molecule has 1 aliphatic heterocycles. The van der Waals surface area contributed by atoms with E-state index in [1.165, 1.54) is 24.3 Å². The lowest BCUT2D eigenvalue weighted by molar-refractivity contribution is 0.154. The minimum absolute atomic E-state index is 0.166. The van der Waals surface area contributed by atoms with Crippen LogP contribution in [0.3, 0.4) is 0 Å². The van der Waals surface area contributed by atoms with Gasteiger partial charge in [0, 0.05) is 55.3 Å². The van der Waals surface area contributed by atoms with Gasteiger partial charge in [-0.3, -0.25) is 10.00 Å². The lowest BCUT2D eigenvalue weighted by Crippen LogP contribution is -2.45. The van der Waals surface area contributed by atoms with E-state index in [-0.39, 0.29) is 17.4 Å².